The molecule has 1 unspecified atom stereocenters. The van der Waals surface area contributed by atoms with Crippen LogP contribution in [0, 0.1) is 6.92 Å². The summed E-state index contributed by atoms with van der Waals surface area (Å²) in [7, 11) is 1.88. The molecular formula is C22H27N5O2. The van der Waals surface area contributed by atoms with Crippen LogP contribution in [0.4, 0.5) is 0 Å². The van der Waals surface area contributed by atoms with Gasteiger partial charge >= 0.3 is 0 Å². The molecule has 7 nitrogen and oxygen atoms in total. The Morgan fingerprint density at radius 3 is 2.34 bits per heavy atom. The van der Waals surface area contributed by atoms with Gasteiger partial charge in [0.2, 0.25) is 0 Å². The van der Waals surface area contributed by atoms with E-state index in [0.29, 0.717) is 11.1 Å². The maximum atomic E-state index is 12.7. The number of aryl methyl sites for hydroxylation is 2. The molecule has 0 aliphatic heterocycles. The Hall–Kier alpha value is -3.35. The summed E-state index contributed by atoms with van der Waals surface area (Å²) in [5, 5.41) is 10.2. The molecule has 29 heavy (non-hydrogen) atoms. The third-order valence-electron chi connectivity index (χ3n) is 5.16. The normalized spacial score (nSPS) is 12.4. The van der Waals surface area contributed by atoms with Gasteiger partial charge in [0, 0.05) is 43.4 Å². The summed E-state index contributed by atoms with van der Waals surface area (Å²) in [6.45, 7) is 7.58. The minimum absolute atomic E-state index is 0.151. The second-order valence-corrected chi connectivity index (χ2v) is 7.89. The lowest BCUT2D eigenvalue weighted by molar-refractivity contribution is 0.0848. The summed E-state index contributed by atoms with van der Waals surface area (Å²) in [5.41, 5.74) is 2.33. The highest BCUT2D eigenvalue weighted by molar-refractivity contribution is 5.96. The second kappa shape index (κ2) is 7.95. The van der Waals surface area contributed by atoms with Crippen LogP contribution in [-0.2, 0) is 7.05 Å². The van der Waals surface area contributed by atoms with E-state index in [9.17, 15) is 9.59 Å². The Kier molecular flexibility index (Phi) is 5.59. The van der Waals surface area contributed by atoms with Gasteiger partial charge in [-0.05, 0) is 63.6 Å². The van der Waals surface area contributed by atoms with Crippen molar-refractivity contribution in [2.45, 2.75) is 39.3 Å². The van der Waals surface area contributed by atoms with E-state index < -0.39 is 5.54 Å². The summed E-state index contributed by atoms with van der Waals surface area (Å²) < 4.78 is 3.59. The average Bonchev–Trinajstić information content (AvgIpc) is 3.31. The van der Waals surface area contributed by atoms with Gasteiger partial charge in [0.1, 0.15) is 0 Å². The van der Waals surface area contributed by atoms with Gasteiger partial charge < -0.3 is 15.2 Å². The Morgan fingerprint density at radius 1 is 1.10 bits per heavy atom. The van der Waals surface area contributed by atoms with E-state index in [2.05, 4.69) is 15.7 Å². The predicted octanol–water partition coefficient (Wildman–Crippen LogP) is 2.85. The van der Waals surface area contributed by atoms with Crippen LogP contribution in [0.25, 0.3) is 5.69 Å². The monoisotopic (exact) mass is 393 g/mol. The van der Waals surface area contributed by atoms with E-state index in [1.165, 1.54) is 0 Å². The smallest absolute Gasteiger partial charge is 0.253 e. The lowest BCUT2D eigenvalue weighted by Gasteiger charge is -2.33. The van der Waals surface area contributed by atoms with Gasteiger partial charge in [-0.1, -0.05) is 0 Å². The van der Waals surface area contributed by atoms with Crippen molar-refractivity contribution in [1.29, 1.82) is 0 Å². The number of nitrogens with one attached hydrogen (secondary N) is 2. The summed E-state index contributed by atoms with van der Waals surface area (Å²) >= 11 is 0. The van der Waals surface area contributed by atoms with Crippen molar-refractivity contribution < 1.29 is 9.59 Å². The third kappa shape index (κ3) is 4.56. The van der Waals surface area contributed by atoms with Gasteiger partial charge in [-0.3, -0.25) is 9.59 Å². The molecule has 3 rings (SSSR count). The summed E-state index contributed by atoms with van der Waals surface area (Å²) in [4.78, 5) is 25.3. The van der Waals surface area contributed by atoms with E-state index in [-0.39, 0.29) is 17.9 Å². The number of nitrogens with zero attached hydrogens (tertiary/aromatic N) is 3. The Labute approximate surface area is 170 Å². The molecule has 7 heteroatoms. The molecule has 2 amide bonds. The number of aromatic nitrogens is 3. The predicted molar refractivity (Wildman–Crippen MR) is 112 cm³/mol. The molecule has 1 atom stereocenters. The molecule has 0 spiro atoms. The third-order valence-corrected chi connectivity index (χ3v) is 5.16. The van der Waals surface area contributed by atoms with E-state index >= 15 is 0 Å². The molecule has 0 aliphatic rings. The molecule has 0 bridgehead atoms. The number of amides is 2. The zero-order valence-corrected chi connectivity index (χ0v) is 17.4. The highest BCUT2D eigenvalue weighted by Crippen LogP contribution is 2.15. The average molecular weight is 393 g/mol. The molecule has 0 saturated carbocycles. The standard InChI is InChI=1S/C22H27N5O2/c1-15-13-26(5)14-19(15)21(29)24-16(2)22(3,4)25-20(28)17-7-9-18(10-8-17)27-12-6-11-23-27/h6-14,16H,1-5H3,(H,24,29)(H,25,28). The molecule has 0 radical (unpaired) electrons. The lowest BCUT2D eigenvalue weighted by atomic mass is 9.95. The SMILES string of the molecule is Cc1cn(C)cc1C(=O)NC(C)C(C)(C)NC(=O)c1ccc(-n2cccn2)cc1. The van der Waals surface area contributed by atoms with Crippen molar-refractivity contribution in [3.05, 3.63) is 71.8 Å². The Bertz CT molecular complexity index is 1000. The van der Waals surface area contributed by atoms with E-state index in [1.807, 2.05) is 69.9 Å². The molecule has 2 aromatic heterocycles. The highest BCUT2D eigenvalue weighted by atomic mass is 16.2. The molecule has 2 N–H and O–H groups in total. The molecule has 152 valence electrons. The molecular weight excluding hydrogens is 366 g/mol. The van der Waals surface area contributed by atoms with E-state index in [0.717, 1.165) is 11.3 Å². The minimum Gasteiger partial charge on any atom is -0.356 e. The number of carbonyl (C=O) groups is 2. The van der Waals surface area contributed by atoms with Crippen LogP contribution in [0.1, 0.15) is 47.1 Å². The van der Waals surface area contributed by atoms with Crippen LogP contribution in [-0.4, -0.2) is 37.7 Å². The van der Waals surface area contributed by atoms with E-state index in [1.54, 1.807) is 29.2 Å². The van der Waals surface area contributed by atoms with Crippen molar-refractivity contribution >= 4 is 11.8 Å². The number of hydrogen-bond acceptors (Lipinski definition) is 3. The van der Waals surface area contributed by atoms with Gasteiger partial charge in [-0.15, -0.1) is 0 Å². The molecule has 2 heterocycles. The van der Waals surface area contributed by atoms with Crippen molar-refractivity contribution in [2.24, 2.45) is 7.05 Å². The van der Waals surface area contributed by atoms with Crippen molar-refractivity contribution in [2.75, 3.05) is 0 Å². The molecule has 0 fully saturated rings. The highest BCUT2D eigenvalue weighted by Gasteiger charge is 2.30. The van der Waals surface area contributed by atoms with Crippen LogP contribution in [0.2, 0.25) is 0 Å². The molecule has 0 aliphatic carbocycles. The van der Waals surface area contributed by atoms with Gasteiger partial charge in [0.05, 0.1) is 16.8 Å². The molecule has 0 saturated heterocycles. The van der Waals surface area contributed by atoms with Crippen LogP contribution >= 0.6 is 0 Å². The molecule has 3 aromatic rings. The maximum Gasteiger partial charge on any atom is 0.253 e. The van der Waals surface area contributed by atoms with Crippen molar-refractivity contribution in [3.8, 4) is 5.69 Å². The Morgan fingerprint density at radius 2 is 1.79 bits per heavy atom. The first-order chi connectivity index (χ1) is 13.7. The molecule has 1 aromatic carbocycles. The van der Waals surface area contributed by atoms with Gasteiger partial charge in [0.25, 0.3) is 11.8 Å². The van der Waals surface area contributed by atoms with Crippen LogP contribution in [0.3, 0.4) is 0 Å². The second-order valence-electron chi connectivity index (χ2n) is 7.89. The number of hydrogen-bond donors (Lipinski definition) is 2. The fraction of sp³-hybridized carbons (Fsp3) is 0.318. The van der Waals surface area contributed by atoms with Gasteiger partial charge in [-0.2, -0.15) is 5.10 Å². The fourth-order valence-corrected chi connectivity index (χ4v) is 3.07. The summed E-state index contributed by atoms with van der Waals surface area (Å²) in [6.07, 6.45) is 7.25. The summed E-state index contributed by atoms with van der Waals surface area (Å²) in [6, 6.07) is 8.78. The number of benzene rings is 1. The first-order valence-electron chi connectivity index (χ1n) is 9.53. The first kappa shape index (κ1) is 20.4. The topological polar surface area (TPSA) is 81.0 Å². The van der Waals surface area contributed by atoms with Crippen LogP contribution < -0.4 is 10.6 Å². The van der Waals surface area contributed by atoms with Gasteiger partial charge in [-0.25, -0.2) is 4.68 Å². The first-order valence-corrected chi connectivity index (χ1v) is 9.53. The lowest BCUT2D eigenvalue weighted by Crippen LogP contribution is -2.57. The minimum atomic E-state index is -0.643. The largest absolute Gasteiger partial charge is 0.356 e. The van der Waals surface area contributed by atoms with Crippen LogP contribution in [0.15, 0.2) is 55.1 Å². The van der Waals surface area contributed by atoms with Crippen LogP contribution in [0.5, 0.6) is 0 Å². The number of rotatable bonds is 6. The fourth-order valence-electron chi connectivity index (χ4n) is 3.07. The quantitative estimate of drug-likeness (QED) is 0.676. The number of carbonyl (C=O) groups excluding carboxylic acids is 2. The zero-order chi connectivity index (χ0) is 21.2. The van der Waals surface area contributed by atoms with Crippen molar-refractivity contribution in [3.63, 3.8) is 0 Å². The maximum absolute atomic E-state index is 12.7. The zero-order valence-electron chi connectivity index (χ0n) is 17.4. The Balaban J connectivity index is 1.65. The van der Waals surface area contributed by atoms with E-state index in [4.69, 9.17) is 0 Å². The van der Waals surface area contributed by atoms with Crippen molar-refractivity contribution in [1.82, 2.24) is 25.0 Å². The van der Waals surface area contributed by atoms with Gasteiger partial charge in [0.15, 0.2) is 0 Å². The summed E-state index contributed by atoms with van der Waals surface area (Å²) in [5.74, 6) is -0.347.